The maximum Gasteiger partial charge on any atom is 0.0992 e. The van der Waals surface area contributed by atoms with E-state index < -0.39 is 0 Å². The van der Waals surface area contributed by atoms with Crippen molar-refractivity contribution in [3.05, 3.63) is 101 Å². The van der Waals surface area contributed by atoms with Gasteiger partial charge in [-0.15, -0.1) is 11.3 Å². The zero-order valence-corrected chi connectivity index (χ0v) is 15.1. The number of anilines is 1. The second-order valence-corrected chi connectivity index (χ2v) is 6.98. The highest BCUT2D eigenvalue weighted by Crippen LogP contribution is 2.24. The molecule has 0 radical (unpaired) electrons. The minimum Gasteiger partial charge on any atom is -0.381 e. The highest BCUT2D eigenvalue weighted by molar-refractivity contribution is 7.10. The maximum absolute atomic E-state index is 4.76. The molecule has 0 spiro atoms. The van der Waals surface area contributed by atoms with Crippen LogP contribution in [0.3, 0.4) is 0 Å². The molecular formula is C22H19N3S. The lowest BCUT2D eigenvalue weighted by molar-refractivity contribution is 1.05. The molecule has 26 heavy (non-hydrogen) atoms. The number of pyridine rings is 1. The normalized spacial score (nSPS) is 10.6. The molecule has 0 unspecified atom stereocenters. The van der Waals surface area contributed by atoms with Gasteiger partial charge in [0.15, 0.2) is 0 Å². The summed E-state index contributed by atoms with van der Waals surface area (Å²) in [6.45, 7) is 0.825. The van der Waals surface area contributed by atoms with Gasteiger partial charge in [0.25, 0.3) is 0 Å². The van der Waals surface area contributed by atoms with Gasteiger partial charge in [-0.25, -0.2) is 4.98 Å². The summed E-state index contributed by atoms with van der Waals surface area (Å²) in [6.07, 6.45) is 2.60. The minimum absolute atomic E-state index is 0.780. The van der Waals surface area contributed by atoms with E-state index in [2.05, 4.69) is 64.2 Å². The van der Waals surface area contributed by atoms with E-state index >= 15 is 0 Å². The molecule has 0 fully saturated rings. The Labute approximate surface area is 157 Å². The number of aromatic nitrogens is 2. The molecule has 1 N–H and O–H groups in total. The van der Waals surface area contributed by atoms with Crippen LogP contribution in [-0.2, 0) is 13.0 Å². The van der Waals surface area contributed by atoms with Crippen LogP contribution in [0.5, 0.6) is 0 Å². The van der Waals surface area contributed by atoms with Crippen molar-refractivity contribution in [1.29, 1.82) is 0 Å². The van der Waals surface area contributed by atoms with Crippen molar-refractivity contribution in [2.24, 2.45) is 0 Å². The first kappa shape index (κ1) is 16.5. The summed E-state index contributed by atoms with van der Waals surface area (Å²) < 4.78 is 0. The number of hydrogen-bond acceptors (Lipinski definition) is 4. The van der Waals surface area contributed by atoms with Crippen molar-refractivity contribution in [1.82, 2.24) is 9.97 Å². The van der Waals surface area contributed by atoms with Crippen LogP contribution in [0.25, 0.3) is 11.3 Å². The molecule has 0 aliphatic carbocycles. The van der Waals surface area contributed by atoms with E-state index in [1.807, 2.05) is 30.5 Å². The molecule has 0 bridgehead atoms. The average Bonchev–Trinajstić information content (AvgIpc) is 3.17. The smallest absolute Gasteiger partial charge is 0.0992 e. The van der Waals surface area contributed by atoms with E-state index in [1.165, 1.54) is 5.56 Å². The average molecular weight is 357 g/mol. The van der Waals surface area contributed by atoms with Gasteiger partial charge in [-0.3, -0.25) is 4.98 Å². The van der Waals surface area contributed by atoms with E-state index in [4.69, 9.17) is 4.98 Å². The van der Waals surface area contributed by atoms with Crippen LogP contribution in [0.15, 0.2) is 84.4 Å². The second kappa shape index (κ2) is 7.93. The minimum atomic E-state index is 0.780. The third-order valence-electron chi connectivity index (χ3n) is 4.13. The Balaban J connectivity index is 1.40. The van der Waals surface area contributed by atoms with E-state index in [0.29, 0.717) is 0 Å². The summed E-state index contributed by atoms with van der Waals surface area (Å²) >= 11 is 1.68. The van der Waals surface area contributed by atoms with Crippen molar-refractivity contribution in [2.45, 2.75) is 13.0 Å². The number of nitrogens with zero attached hydrogens (tertiary/aromatic N) is 2. The number of benzene rings is 2. The maximum atomic E-state index is 4.76. The first-order valence-electron chi connectivity index (χ1n) is 8.59. The first-order valence-corrected chi connectivity index (χ1v) is 9.47. The lowest BCUT2D eigenvalue weighted by atomic mass is 10.1. The molecule has 2 aromatic carbocycles. The van der Waals surface area contributed by atoms with Crippen molar-refractivity contribution in [2.75, 3.05) is 5.32 Å². The lowest BCUT2D eigenvalue weighted by Gasteiger charge is -2.07. The Bertz CT molecular complexity index is 948. The molecule has 3 nitrogen and oxygen atoms in total. The molecule has 0 atom stereocenters. The Morgan fingerprint density at radius 3 is 2.42 bits per heavy atom. The fraction of sp³-hybridized carbons (Fsp3) is 0.0909. The number of thiazole rings is 1. The zero-order chi connectivity index (χ0) is 17.6. The number of nitrogens with one attached hydrogen (secondary N) is 1. The van der Waals surface area contributed by atoms with Crippen LogP contribution in [0.2, 0.25) is 0 Å². The first-order chi connectivity index (χ1) is 12.9. The van der Waals surface area contributed by atoms with E-state index in [0.717, 1.165) is 40.6 Å². The van der Waals surface area contributed by atoms with E-state index in [-0.39, 0.29) is 0 Å². The zero-order valence-electron chi connectivity index (χ0n) is 14.3. The van der Waals surface area contributed by atoms with Gasteiger partial charge in [-0.05, 0) is 29.8 Å². The van der Waals surface area contributed by atoms with Crippen LogP contribution in [0, 0.1) is 0 Å². The lowest BCUT2D eigenvalue weighted by Crippen LogP contribution is -1.98. The number of rotatable bonds is 6. The molecule has 0 saturated heterocycles. The molecule has 128 valence electrons. The Morgan fingerprint density at radius 2 is 1.65 bits per heavy atom. The van der Waals surface area contributed by atoms with Gasteiger partial charge < -0.3 is 5.32 Å². The van der Waals surface area contributed by atoms with Gasteiger partial charge in [0.05, 0.1) is 10.7 Å². The van der Waals surface area contributed by atoms with Crippen molar-refractivity contribution in [3.8, 4) is 11.3 Å². The molecule has 2 heterocycles. The highest BCUT2D eigenvalue weighted by Gasteiger charge is 2.06. The van der Waals surface area contributed by atoms with E-state index in [9.17, 15) is 0 Å². The van der Waals surface area contributed by atoms with Crippen molar-refractivity contribution >= 4 is 17.0 Å². The second-order valence-electron chi connectivity index (χ2n) is 6.04. The predicted octanol–water partition coefficient (Wildman–Crippen LogP) is 5.41. The van der Waals surface area contributed by atoms with Gasteiger partial charge in [-0.1, -0.05) is 48.5 Å². The Morgan fingerprint density at radius 1 is 0.846 bits per heavy atom. The van der Waals surface area contributed by atoms with Crippen LogP contribution in [0.4, 0.5) is 5.69 Å². The van der Waals surface area contributed by atoms with Gasteiger partial charge in [-0.2, -0.15) is 0 Å². The standard InChI is InChI=1S/C22H19N3S/c1-2-6-17(7-3-1)15-24-19-11-9-18(10-12-19)21-16-26-22(25-21)14-20-8-4-5-13-23-20/h1-13,16,24H,14-15H2. The molecule has 0 aliphatic rings. The van der Waals surface area contributed by atoms with Gasteiger partial charge in [0.1, 0.15) is 0 Å². The van der Waals surface area contributed by atoms with Gasteiger partial charge >= 0.3 is 0 Å². The fourth-order valence-electron chi connectivity index (χ4n) is 2.74. The third kappa shape index (κ3) is 4.16. The van der Waals surface area contributed by atoms with Crippen LogP contribution in [0.1, 0.15) is 16.3 Å². The van der Waals surface area contributed by atoms with Crippen LogP contribution < -0.4 is 5.32 Å². The summed E-state index contributed by atoms with van der Waals surface area (Å²) in [6, 6.07) is 24.8. The topological polar surface area (TPSA) is 37.8 Å². The largest absolute Gasteiger partial charge is 0.381 e. The summed E-state index contributed by atoms with van der Waals surface area (Å²) in [5.74, 6) is 0. The molecule has 4 heteroatoms. The van der Waals surface area contributed by atoms with Gasteiger partial charge in [0, 0.05) is 41.5 Å². The molecule has 2 aromatic heterocycles. The van der Waals surface area contributed by atoms with Crippen LogP contribution in [-0.4, -0.2) is 9.97 Å². The Kier molecular flexibility index (Phi) is 5.03. The molecular weight excluding hydrogens is 338 g/mol. The highest BCUT2D eigenvalue weighted by atomic mass is 32.1. The molecule has 4 aromatic rings. The quantitative estimate of drug-likeness (QED) is 0.501. The SMILES string of the molecule is c1ccc(CNc2ccc(-c3csc(Cc4ccccn4)n3)cc2)cc1. The summed E-state index contributed by atoms with van der Waals surface area (Å²) in [4.78, 5) is 9.13. The fourth-order valence-corrected chi connectivity index (χ4v) is 3.56. The molecule has 0 aliphatic heterocycles. The summed E-state index contributed by atoms with van der Waals surface area (Å²) in [7, 11) is 0. The van der Waals surface area contributed by atoms with Gasteiger partial charge in [0.2, 0.25) is 0 Å². The monoisotopic (exact) mass is 357 g/mol. The summed E-state index contributed by atoms with van der Waals surface area (Å²) in [5, 5.41) is 6.66. The summed E-state index contributed by atoms with van der Waals surface area (Å²) in [5.41, 5.74) is 5.60. The third-order valence-corrected chi connectivity index (χ3v) is 4.98. The predicted molar refractivity (Wildman–Crippen MR) is 108 cm³/mol. The van der Waals surface area contributed by atoms with Crippen molar-refractivity contribution < 1.29 is 0 Å². The Hall–Kier alpha value is -2.98. The molecule has 4 rings (SSSR count). The number of hydrogen-bond donors (Lipinski definition) is 1. The van der Waals surface area contributed by atoms with E-state index in [1.54, 1.807) is 11.3 Å². The molecule has 0 saturated carbocycles. The van der Waals surface area contributed by atoms with Crippen molar-refractivity contribution in [3.63, 3.8) is 0 Å². The van der Waals surface area contributed by atoms with Crippen LogP contribution >= 0.6 is 11.3 Å². The molecule has 0 amide bonds.